The average Bonchev–Trinajstić information content (AvgIpc) is 2.07. The Morgan fingerprint density at radius 3 is 2.18 bits per heavy atom. The summed E-state index contributed by atoms with van der Waals surface area (Å²) in [6.07, 6.45) is 0. The van der Waals surface area contributed by atoms with E-state index in [0.29, 0.717) is 5.84 Å². The molecule has 1 heterocycles. The molecular formula is C8H13N3. The van der Waals surface area contributed by atoms with Crippen molar-refractivity contribution in [2.75, 3.05) is 7.05 Å². The molecule has 0 aromatic heterocycles. The molecule has 60 valence electrons. The third-order valence-corrected chi connectivity index (χ3v) is 1.72. The number of amidine groups is 1. The Morgan fingerprint density at radius 2 is 2.00 bits per heavy atom. The molecular weight excluding hydrogens is 138 g/mol. The maximum Gasteiger partial charge on any atom is 0.150 e. The standard InChI is InChI=1S/C8H13N3/c1-5(2)7-6(3)10-11(4)8(7)9/h9H,1-4H3. The van der Waals surface area contributed by atoms with Crippen molar-refractivity contribution >= 4 is 11.5 Å². The number of nitrogens with one attached hydrogen (secondary N) is 1. The lowest BCUT2D eigenvalue weighted by Gasteiger charge is -2.06. The highest BCUT2D eigenvalue weighted by atomic mass is 15.5. The third-order valence-electron chi connectivity index (χ3n) is 1.72. The van der Waals surface area contributed by atoms with E-state index in [1.807, 2.05) is 20.8 Å². The highest BCUT2D eigenvalue weighted by molar-refractivity contribution is 6.25. The molecule has 0 saturated carbocycles. The fourth-order valence-corrected chi connectivity index (χ4v) is 1.26. The molecule has 0 aromatic carbocycles. The summed E-state index contributed by atoms with van der Waals surface area (Å²) >= 11 is 0. The summed E-state index contributed by atoms with van der Waals surface area (Å²) in [5, 5.41) is 13.4. The van der Waals surface area contributed by atoms with E-state index in [0.717, 1.165) is 16.9 Å². The quantitative estimate of drug-likeness (QED) is 0.561. The molecule has 0 unspecified atom stereocenters. The van der Waals surface area contributed by atoms with Crippen LogP contribution in [0.25, 0.3) is 0 Å². The molecule has 0 fully saturated rings. The molecule has 3 nitrogen and oxygen atoms in total. The summed E-state index contributed by atoms with van der Waals surface area (Å²) in [5.74, 6) is 0.502. The Bertz CT molecular complexity index is 257. The lowest BCUT2D eigenvalue weighted by molar-refractivity contribution is 0.555. The molecule has 0 aromatic rings. The average molecular weight is 151 g/mol. The van der Waals surface area contributed by atoms with Crippen LogP contribution in [0.15, 0.2) is 16.2 Å². The summed E-state index contributed by atoms with van der Waals surface area (Å²) in [6.45, 7) is 5.94. The van der Waals surface area contributed by atoms with Crippen molar-refractivity contribution in [3.05, 3.63) is 11.1 Å². The lowest BCUT2D eigenvalue weighted by atomic mass is 10.1. The van der Waals surface area contributed by atoms with Crippen molar-refractivity contribution in [1.82, 2.24) is 5.01 Å². The van der Waals surface area contributed by atoms with Gasteiger partial charge in [-0.3, -0.25) is 10.4 Å². The molecule has 11 heavy (non-hydrogen) atoms. The van der Waals surface area contributed by atoms with Gasteiger partial charge in [0.15, 0.2) is 0 Å². The normalized spacial score (nSPS) is 17.5. The third kappa shape index (κ3) is 1.18. The fraction of sp³-hybridized carbons (Fsp3) is 0.500. The van der Waals surface area contributed by atoms with Gasteiger partial charge in [0, 0.05) is 12.6 Å². The second-order valence-corrected chi connectivity index (χ2v) is 2.93. The van der Waals surface area contributed by atoms with Gasteiger partial charge in [-0.25, -0.2) is 0 Å². The highest BCUT2D eigenvalue weighted by Gasteiger charge is 2.20. The molecule has 1 rings (SSSR count). The van der Waals surface area contributed by atoms with Gasteiger partial charge in [0.25, 0.3) is 0 Å². The van der Waals surface area contributed by atoms with Crippen molar-refractivity contribution in [2.45, 2.75) is 20.8 Å². The van der Waals surface area contributed by atoms with Gasteiger partial charge in [-0.2, -0.15) is 5.10 Å². The Labute approximate surface area is 66.9 Å². The Balaban J connectivity index is 3.12. The predicted molar refractivity (Wildman–Crippen MR) is 47.0 cm³/mol. The van der Waals surface area contributed by atoms with Crippen molar-refractivity contribution < 1.29 is 0 Å². The van der Waals surface area contributed by atoms with Crippen LogP contribution in [0, 0.1) is 5.41 Å². The molecule has 0 atom stereocenters. The SMILES string of the molecule is CC1=NN(C)C(=N)C1=C(C)C. The fourth-order valence-electron chi connectivity index (χ4n) is 1.26. The van der Waals surface area contributed by atoms with Gasteiger partial charge in [0.05, 0.1) is 5.71 Å². The number of nitrogens with zero attached hydrogens (tertiary/aromatic N) is 2. The van der Waals surface area contributed by atoms with E-state index in [1.165, 1.54) is 0 Å². The molecule has 0 amide bonds. The first-order chi connectivity index (χ1) is 5.04. The monoisotopic (exact) mass is 151 g/mol. The molecule has 0 saturated heterocycles. The van der Waals surface area contributed by atoms with E-state index in [-0.39, 0.29) is 0 Å². The van der Waals surface area contributed by atoms with Crippen molar-refractivity contribution in [3.63, 3.8) is 0 Å². The topological polar surface area (TPSA) is 39.5 Å². The van der Waals surface area contributed by atoms with Gasteiger partial charge in [0.1, 0.15) is 5.84 Å². The first-order valence-electron chi connectivity index (χ1n) is 3.59. The number of allylic oxidation sites excluding steroid dienone is 1. The van der Waals surface area contributed by atoms with E-state index in [1.54, 1.807) is 12.1 Å². The zero-order chi connectivity index (χ0) is 8.59. The lowest BCUT2D eigenvalue weighted by Crippen LogP contribution is -2.16. The van der Waals surface area contributed by atoms with Crippen LogP contribution in [-0.2, 0) is 0 Å². The van der Waals surface area contributed by atoms with Gasteiger partial charge in [-0.1, -0.05) is 5.57 Å². The molecule has 3 heteroatoms. The van der Waals surface area contributed by atoms with E-state index in [9.17, 15) is 0 Å². The number of hydrogen-bond donors (Lipinski definition) is 1. The zero-order valence-electron chi connectivity index (χ0n) is 7.39. The van der Waals surface area contributed by atoms with Gasteiger partial charge in [-0.15, -0.1) is 0 Å². The van der Waals surface area contributed by atoms with Crippen molar-refractivity contribution in [1.29, 1.82) is 5.41 Å². The first-order valence-corrected chi connectivity index (χ1v) is 3.59. The van der Waals surface area contributed by atoms with Gasteiger partial charge >= 0.3 is 0 Å². The van der Waals surface area contributed by atoms with Crippen molar-refractivity contribution in [3.8, 4) is 0 Å². The van der Waals surface area contributed by atoms with Gasteiger partial charge in [-0.05, 0) is 20.8 Å². The predicted octanol–water partition coefficient (Wildman–Crippen LogP) is 1.62. The van der Waals surface area contributed by atoms with Crippen LogP contribution in [0.1, 0.15) is 20.8 Å². The van der Waals surface area contributed by atoms with Crippen molar-refractivity contribution in [2.24, 2.45) is 5.10 Å². The Hall–Kier alpha value is -1.12. The molecule has 1 N–H and O–H groups in total. The molecule has 0 bridgehead atoms. The summed E-state index contributed by atoms with van der Waals surface area (Å²) in [4.78, 5) is 0. The molecule has 1 aliphatic heterocycles. The van der Waals surface area contributed by atoms with Crippen LogP contribution < -0.4 is 0 Å². The number of likely N-dealkylation sites (N-methyl/N-ethyl adjacent to an activating group) is 1. The van der Waals surface area contributed by atoms with Crippen LogP contribution in [0.3, 0.4) is 0 Å². The first kappa shape index (κ1) is 7.98. The minimum absolute atomic E-state index is 0.502. The number of hydrogen-bond acceptors (Lipinski definition) is 2. The summed E-state index contributed by atoms with van der Waals surface area (Å²) < 4.78 is 0. The minimum atomic E-state index is 0.502. The van der Waals surface area contributed by atoms with Crippen LogP contribution in [0.5, 0.6) is 0 Å². The van der Waals surface area contributed by atoms with Gasteiger partial charge < -0.3 is 0 Å². The maximum absolute atomic E-state index is 7.63. The molecule has 0 radical (unpaired) electrons. The minimum Gasteiger partial charge on any atom is -0.283 e. The van der Waals surface area contributed by atoms with Crippen LogP contribution >= 0.6 is 0 Å². The van der Waals surface area contributed by atoms with E-state index in [4.69, 9.17) is 5.41 Å². The summed E-state index contributed by atoms with van der Waals surface area (Å²) in [6, 6.07) is 0. The number of rotatable bonds is 0. The molecule has 1 aliphatic rings. The molecule has 0 aliphatic carbocycles. The highest BCUT2D eigenvalue weighted by Crippen LogP contribution is 2.16. The van der Waals surface area contributed by atoms with E-state index >= 15 is 0 Å². The maximum atomic E-state index is 7.63. The van der Waals surface area contributed by atoms with Crippen LogP contribution in [0.2, 0.25) is 0 Å². The largest absolute Gasteiger partial charge is 0.283 e. The van der Waals surface area contributed by atoms with Gasteiger partial charge in [0.2, 0.25) is 0 Å². The summed E-state index contributed by atoms with van der Waals surface area (Å²) in [7, 11) is 1.79. The van der Waals surface area contributed by atoms with E-state index < -0.39 is 0 Å². The van der Waals surface area contributed by atoms with Crippen LogP contribution in [-0.4, -0.2) is 23.6 Å². The Kier molecular flexibility index (Phi) is 1.81. The molecule has 0 spiro atoms. The second kappa shape index (κ2) is 2.49. The number of hydrazone groups is 1. The zero-order valence-corrected chi connectivity index (χ0v) is 7.39. The van der Waals surface area contributed by atoms with Crippen LogP contribution in [0.4, 0.5) is 0 Å². The smallest absolute Gasteiger partial charge is 0.150 e. The van der Waals surface area contributed by atoms with E-state index in [2.05, 4.69) is 5.10 Å². The summed E-state index contributed by atoms with van der Waals surface area (Å²) in [5.41, 5.74) is 3.07. The second-order valence-electron chi connectivity index (χ2n) is 2.93. The Morgan fingerprint density at radius 1 is 1.45 bits per heavy atom.